The Kier molecular flexibility index (Phi) is 8.07. The lowest BCUT2D eigenvalue weighted by Gasteiger charge is -2.49. The summed E-state index contributed by atoms with van der Waals surface area (Å²) >= 11 is 0. The summed E-state index contributed by atoms with van der Waals surface area (Å²) in [5.41, 5.74) is -2.85. The van der Waals surface area contributed by atoms with Crippen LogP contribution >= 0.6 is 0 Å². The first kappa shape index (κ1) is 31.6. The summed E-state index contributed by atoms with van der Waals surface area (Å²) in [7, 11) is 7.10. The molecule has 3 N–H and O–H groups in total. The van der Waals surface area contributed by atoms with Crippen molar-refractivity contribution in [2.75, 3.05) is 34.7 Å². The maximum absolute atomic E-state index is 15.3. The van der Waals surface area contributed by atoms with E-state index < -0.39 is 63.7 Å². The van der Waals surface area contributed by atoms with Crippen molar-refractivity contribution in [3.05, 3.63) is 81.4 Å². The maximum Gasteiger partial charge on any atom is 0.265 e. The number of carbonyl (C=O) groups excluding carboxylic acids is 3. The number of aliphatic hydroxyl groups excluding tert-OH is 1. The number of ketones is 3. The van der Waals surface area contributed by atoms with Gasteiger partial charge in [0.05, 0.1) is 17.2 Å². The van der Waals surface area contributed by atoms with E-state index in [4.69, 9.17) is 9.26 Å². The molecule has 0 spiro atoms. The van der Waals surface area contributed by atoms with Crippen molar-refractivity contribution in [3.63, 3.8) is 0 Å². The third-order valence-electron chi connectivity index (χ3n) is 9.34. The Morgan fingerprint density at radius 1 is 1.11 bits per heavy atom. The second kappa shape index (κ2) is 11.8. The van der Waals surface area contributed by atoms with Crippen LogP contribution < -0.4 is 4.74 Å². The van der Waals surface area contributed by atoms with Crippen LogP contribution in [0.15, 0.2) is 46.5 Å². The van der Waals surface area contributed by atoms with Gasteiger partial charge < -0.3 is 29.5 Å². The van der Waals surface area contributed by atoms with E-state index in [-0.39, 0.29) is 59.8 Å². The molecule has 12 heteroatoms. The second-order valence-electron chi connectivity index (χ2n) is 12.8. The number of aromatic hydroxyl groups is 1. The third kappa shape index (κ3) is 4.91. The van der Waals surface area contributed by atoms with Gasteiger partial charge in [0.15, 0.2) is 17.1 Å². The molecular formula is C34H36FN3O8. The predicted octanol–water partition coefficient (Wildman–Crippen LogP) is 3.88. The monoisotopic (exact) mass is 633 g/mol. The Labute approximate surface area is 264 Å². The Balaban J connectivity index is 1.40. The molecule has 4 atom stereocenters. The van der Waals surface area contributed by atoms with Gasteiger partial charge >= 0.3 is 0 Å². The van der Waals surface area contributed by atoms with Crippen LogP contribution in [0.4, 0.5) is 4.39 Å². The van der Waals surface area contributed by atoms with Crippen LogP contribution in [-0.2, 0) is 17.8 Å². The zero-order chi connectivity index (χ0) is 33.1. The molecule has 2 aromatic carbocycles. The van der Waals surface area contributed by atoms with Crippen molar-refractivity contribution in [2.45, 2.75) is 43.9 Å². The standard InChI is InChI=1S/C34H36FN3O8/c1-37(2)12-8-11-22(39)25-21(35)15-19-13-18-14-20-27(38(3)4)30-26(33(36-46-30)45-16-17-9-6-5-7-10-17)32(43)34(20,44)31(42)24(18)28(40)23(19)29(25)41/h5-7,9-10,15,18,20,27,40-41,44H,8,11-14,16H2,1-4H3/t18-,20-,27-,34-/m0/s1. The fraction of sp³-hybridized carbons (Fsp3) is 0.412. The Morgan fingerprint density at radius 2 is 1.83 bits per heavy atom. The number of hydrogen-bond donors (Lipinski definition) is 3. The van der Waals surface area contributed by atoms with Gasteiger partial charge in [0.25, 0.3) is 5.88 Å². The topological polar surface area (TPSA) is 154 Å². The SMILES string of the molecule is CN(C)CCCC(=O)c1c(F)cc2c(c1O)C(O)=C1C(=O)[C@]3(O)C(=O)c4c(OCc5ccccc5)noc4[C@@H](N(C)C)[C@@H]3C[C@@H]1C2. The number of halogens is 1. The van der Waals surface area contributed by atoms with Gasteiger partial charge in [-0.05, 0) is 82.3 Å². The fourth-order valence-corrected chi connectivity index (χ4v) is 7.22. The van der Waals surface area contributed by atoms with Gasteiger partial charge in [-0.25, -0.2) is 4.39 Å². The van der Waals surface area contributed by atoms with Gasteiger partial charge in [-0.2, -0.15) is 0 Å². The zero-order valence-corrected chi connectivity index (χ0v) is 26.0. The number of fused-ring (bicyclic) bond motifs is 4. The molecule has 46 heavy (non-hydrogen) atoms. The van der Waals surface area contributed by atoms with E-state index >= 15 is 4.39 Å². The maximum atomic E-state index is 15.3. The van der Waals surface area contributed by atoms with Crippen LogP contribution in [0.3, 0.4) is 0 Å². The molecular weight excluding hydrogens is 597 g/mol. The smallest absolute Gasteiger partial charge is 0.265 e. The molecule has 0 bridgehead atoms. The summed E-state index contributed by atoms with van der Waals surface area (Å²) < 4.78 is 26.8. The number of ether oxygens (including phenoxy) is 1. The number of nitrogens with zero attached hydrogens (tertiary/aromatic N) is 3. The minimum atomic E-state index is -2.63. The van der Waals surface area contributed by atoms with Gasteiger partial charge in [0.2, 0.25) is 11.6 Å². The molecule has 3 aromatic rings. The normalized spacial score (nSPS) is 23.7. The molecule has 1 saturated carbocycles. The minimum Gasteiger partial charge on any atom is -0.507 e. The van der Waals surface area contributed by atoms with Crippen LogP contribution in [0.1, 0.15) is 68.5 Å². The minimum absolute atomic E-state index is 0.0235. The predicted molar refractivity (Wildman–Crippen MR) is 163 cm³/mol. The Bertz CT molecular complexity index is 1770. The van der Waals surface area contributed by atoms with Gasteiger partial charge in [0.1, 0.15) is 29.5 Å². The molecule has 0 saturated heterocycles. The number of aliphatic hydroxyl groups is 2. The average molecular weight is 634 g/mol. The Morgan fingerprint density at radius 3 is 2.50 bits per heavy atom. The summed E-state index contributed by atoms with van der Waals surface area (Å²) in [5.74, 6) is -6.78. The molecule has 0 aliphatic heterocycles. The van der Waals surface area contributed by atoms with E-state index in [9.17, 15) is 29.7 Å². The summed E-state index contributed by atoms with van der Waals surface area (Å²) in [6, 6.07) is 9.48. The van der Waals surface area contributed by atoms with E-state index in [1.54, 1.807) is 19.0 Å². The molecule has 11 nitrogen and oxygen atoms in total. The second-order valence-corrected chi connectivity index (χ2v) is 12.8. The molecule has 3 aliphatic carbocycles. The number of phenolic OH excluding ortho intramolecular Hbond substituents is 1. The lowest BCUT2D eigenvalue weighted by Crippen LogP contribution is -2.63. The molecule has 1 aromatic heterocycles. The molecule has 6 rings (SSSR count). The zero-order valence-electron chi connectivity index (χ0n) is 26.0. The lowest BCUT2D eigenvalue weighted by molar-refractivity contribution is -0.142. The van der Waals surface area contributed by atoms with Crippen molar-refractivity contribution in [2.24, 2.45) is 11.8 Å². The van der Waals surface area contributed by atoms with E-state index in [1.807, 2.05) is 49.3 Å². The first-order valence-corrected chi connectivity index (χ1v) is 15.2. The van der Waals surface area contributed by atoms with Crippen molar-refractivity contribution in [3.8, 4) is 11.6 Å². The van der Waals surface area contributed by atoms with Crippen LogP contribution in [0.2, 0.25) is 0 Å². The highest BCUT2D eigenvalue weighted by Crippen LogP contribution is 2.56. The van der Waals surface area contributed by atoms with Gasteiger partial charge in [-0.1, -0.05) is 30.3 Å². The first-order chi connectivity index (χ1) is 21.9. The quantitative estimate of drug-likeness (QED) is 0.232. The van der Waals surface area contributed by atoms with Gasteiger partial charge in [0, 0.05) is 17.9 Å². The van der Waals surface area contributed by atoms with Crippen LogP contribution in [0.5, 0.6) is 11.6 Å². The number of carbonyl (C=O) groups is 3. The number of benzene rings is 2. The van der Waals surface area contributed by atoms with Gasteiger partial charge in [-0.15, -0.1) is 0 Å². The van der Waals surface area contributed by atoms with Crippen molar-refractivity contribution < 1.29 is 43.4 Å². The van der Waals surface area contributed by atoms with E-state index in [2.05, 4.69) is 5.16 Å². The van der Waals surface area contributed by atoms with Gasteiger partial charge in [-0.3, -0.25) is 19.3 Å². The summed E-state index contributed by atoms with van der Waals surface area (Å²) in [6.07, 6.45) is 0.443. The largest absolute Gasteiger partial charge is 0.507 e. The molecule has 242 valence electrons. The summed E-state index contributed by atoms with van der Waals surface area (Å²) in [4.78, 5) is 45.0. The number of rotatable bonds is 9. The highest BCUT2D eigenvalue weighted by atomic mass is 19.1. The number of hydrogen-bond acceptors (Lipinski definition) is 11. The lowest BCUT2D eigenvalue weighted by atomic mass is 9.57. The Hall–Kier alpha value is -4.39. The average Bonchev–Trinajstić information content (AvgIpc) is 3.41. The highest BCUT2D eigenvalue weighted by Gasteiger charge is 2.65. The third-order valence-corrected chi connectivity index (χ3v) is 9.34. The highest BCUT2D eigenvalue weighted by molar-refractivity contribution is 6.26. The number of phenols is 1. The van der Waals surface area contributed by atoms with Crippen LogP contribution in [-0.4, -0.2) is 88.0 Å². The molecule has 1 heterocycles. The van der Waals surface area contributed by atoms with E-state index in [0.29, 0.717) is 13.0 Å². The van der Waals surface area contributed by atoms with Crippen LogP contribution in [0, 0.1) is 17.7 Å². The molecule has 0 amide bonds. The van der Waals surface area contributed by atoms with Crippen molar-refractivity contribution >= 4 is 23.1 Å². The molecule has 1 fully saturated rings. The number of aromatic nitrogens is 1. The molecule has 0 unspecified atom stereocenters. The molecule has 3 aliphatic rings. The van der Waals surface area contributed by atoms with E-state index in [1.165, 1.54) is 0 Å². The number of Topliss-reactive ketones (excluding diaryl/α,β-unsaturated/α-hetero) is 3. The summed E-state index contributed by atoms with van der Waals surface area (Å²) in [5, 5.41) is 38.8. The van der Waals surface area contributed by atoms with Crippen LogP contribution in [0.25, 0.3) is 5.76 Å². The first-order valence-electron chi connectivity index (χ1n) is 15.2. The van der Waals surface area contributed by atoms with Crippen molar-refractivity contribution in [1.82, 2.24) is 15.0 Å². The summed E-state index contributed by atoms with van der Waals surface area (Å²) in [6.45, 7) is 0.617. The van der Waals surface area contributed by atoms with Crippen molar-refractivity contribution in [1.29, 1.82) is 0 Å². The molecule has 0 radical (unpaired) electrons. The fourth-order valence-electron chi connectivity index (χ4n) is 7.22. The van der Waals surface area contributed by atoms with E-state index in [0.717, 1.165) is 11.6 Å².